The molecule has 1 N–H and O–H groups in total. The van der Waals surface area contributed by atoms with Crippen LogP contribution in [0.1, 0.15) is 46.5 Å². The lowest BCUT2D eigenvalue weighted by Crippen LogP contribution is -2.39. The summed E-state index contributed by atoms with van der Waals surface area (Å²) in [5, 5.41) is 3.59. The number of rotatable bonds is 6. The van der Waals surface area contributed by atoms with Crippen LogP contribution in [0.2, 0.25) is 0 Å². The Morgan fingerprint density at radius 1 is 1.43 bits per heavy atom. The van der Waals surface area contributed by atoms with Crippen LogP contribution >= 0.6 is 0 Å². The molecule has 2 nitrogen and oxygen atoms in total. The highest BCUT2D eigenvalue weighted by molar-refractivity contribution is 4.80. The van der Waals surface area contributed by atoms with E-state index < -0.39 is 0 Å². The highest BCUT2D eigenvalue weighted by Crippen LogP contribution is 2.29. The molecule has 0 aliphatic heterocycles. The lowest BCUT2D eigenvalue weighted by molar-refractivity contribution is 0.0147. The molecule has 14 heavy (non-hydrogen) atoms. The molecular formula is C12H25NO. The predicted octanol–water partition coefficient (Wildman–Crippen LogP) is 2.58. The summed E-state index contributed by atoms with van der Waals surface area (Å²) in [7, 11) is 1.79. The monoisotopic (exact) mass is 199 g/mol. The van der Waals surface area contributed by atoms with Crippen molar-refractivity contribution in [3.63, 3.8) is 0 Å². The van der Waals surface area contributed by atoms with Gasteiger partial charge in [0.05, 0.1) is 5.60 Å². The van der Waals surface area contributed by atoms with Crippen LogP contribution in [0.3, 0.4) is 0 Å². The first-order chi connectivity index (χ1) is 6.55. The van der Waals surface area contributed by atoms with Gasteiger partial charge in [0.1, 0.15) is 0 Å². The van der Waals surface area contributed by atoms with Crippen LogP contribution in [0.5, 0.6) is 0 Å². The normalized spacial score (nSPS) is 20.6. The van der Waals surface area contributed by atoms with Gasteiger partial charge in [0.15, 0.2) is 0 Å². The first-order valence-corrected chi connectivity index (χ1v) is 5.84. The van der Waals surface area contributed by atoms with Gasteiger partial charge in [-0.05, 0) is 52.5 Å². The molecule has 0 aromatic carbocycles. The average Bonchev–Trinajstić information content (AvgIpc) is 2.01. The van der Waals surface area contributed by atoms with E-state index in [2.05, 4.69) is 26.1 Å². The van der Waals surface area contributed by atoms with Crippen LogP contribution < -0.4 is 5.32 Å². The average molecular weight is 199 g/mol. The summed E-state index contributed by atoms with van der Waals surface area (Å²) < 4.78 is 5.38. The summed E-state index contributed by atoms with van der Waals surface area (Å²) in [6, 6.07) is 0.691. The molecule has 1 saturated carbocycles. The van der Waals surface area contributed by atoms with E-state index in [9.17, 15) is 0 Å². The van der Waals surface area contributed by atoms with Gasteiger partial charge >= 0.3 is 0 Å². The molecule has 0 heterocycles. The Kier molecular flexibility index (Phi) is 4.39. The van der Waals surface area contributed by atoms with Gasteiger partial charge in [0.2, 0.25) is 0 Å². The van der Waals surface area contributed by atoms with Gasteiger partial charge in [0.25, 0.3) is 0 Å². The number of ether oxygens (including phenoxy) is 1. The van der Waals surface area contributed by atoms with E-state index in [0.29, 0.717) is 6.04 Å². The molecule has 1 atom stereocenters. The molecule has 0 aromatic heterocycles. The van der Waals surface area contributed by atoms with E-state index in [-0.39, 0.29) is 5.60 Å². The Bertz CT molecular complexity index is 164. The van der Waals surface area contributed by atoms with Crippen molar-refractivity contribution in [2.45, 2.75) is 58.1 Å². The van der Waals surface area contributed by atoms with Crippen LogP contribution in [0.15, 0.2) is 0 Å². The van der Waals surface area contributed by atoms with Crippen LogP contribution in [0.4, 0.5) is 0 Å². The summed E-state index contributed by atoms with van der Waals surface area (Å²) in [4.78, 5) is 0. The fourth-order valence-electron chi connectivity index (χ4n) is 1.81. The maximum Gasteiger partial charge on any atom is 0.0634 e. The van der Waals surface area contributed by atoms with Crippen LogP contribution in [-0.2, 0) is 4.74 Å². The predicted molar refractivity (Wildman–Crippen MR) is 60.5 cm³/mol. The van der Waals surface area contributed by atoms with Crippen LogP contribution in [0.25, 0.3) is 0 Å². The zero-order chi connectivity index (χ0) is 10.6. The van der Waals surface area contributed by atoms with Crippen molar-refractivity contribution in [2.24, 2.45) is 5.92 Å². The highest BCUT2D eigenvalue weighted by atomic mass is 16.5. The van der Waals surface area contributed by atoms with Crippen molar-refractivity contribution >= 4 is 0 Å². The minimum Gasteiger partial charge on any atom is -0.379 e. The zero-order valence-corrected chi connectivity index (χ0v) is 10.1. The topological polar surface area (TPSA) is 21.3 Å². The van der Waals surface area contributed by atoms with E-state index in [0.717, 1.165) is 18.9 Å². The third-order valence-electron chi connectivity index (χ3n) is 3.60. The minimum atomic E-state index is 0.0202. The first-order valence-electron chi connectivity index (χ1n) is 5.84. The van der Waals surface area contributed by atoms with E-state index in [1.54, 1.807) is 7.11 Å². The van der Waals surface area contributed by atoms with Crippen molar-refractivity contribution in [2.75, 3.05) is 13.7 Å². The van der Waals surface area contributed by atoms with Gasteiger partial charge in [0, 0.05) is 13.2 Å². The molecule has 1 aliphatic rings. The third-order valence-corrected chi connectivity index (χ3v) is 3.60. The van der Waals surface area contributed by atoms with Crippen LogP contribution in [0, 0.1) is 5.92 Å². The summed E-state index contributed by atoms with van der Waals surface area (Å²) in [6.07, 6.45) is 5.35. The van der Waals surface area contributed by atoms with Gasteiger partial charge < -0.3 is 10.1 Å². The molecule has 0 amide bonds. The molecule has 1 unspecified atom stereocenters. The third kappa shape index (κ3) is 3.58. The lowest BCUT2D eigenvalue weighted by Gasteiger charge is -2.33. The second-order valence-electron chi connectivity index (χ2n) is 5.15. The van der Waals surface area contributed by atoms with Crippen molar-refractivity contribution in [1.29, 1.82) is 0 Å². The maximum atomic E-state index is 5.38. The Balaban J connectivity index is 2.08. The molecule has 1 rings (SSSR count). The van der Waals surface area contributed by atoms with Crippen molar-refractivity contribution in [3.05, 3.63) is 0 Å². The Morgan fingerprint density at radius 2 is 2.07 bits per heavy atom. The lowest BCUT2D eigenvalue weighted by atomic mass is 9.80. The smallest absolute Gasteiger partial charge is 0.0634 e. The summed E-state index contributed by atoms with van der Waals surface area (Å²) in [5.74, 6) is 0.931. The van der Waals surface area contributed by atoms with Crippen molar-refractivity contribution in [1.82, 2.24) is 5.32 Å². The number of methoxy groups -OCH3 is 1. The van der Waals surface area contributed by atoms with E-state index in [1.165, 1.54) is 19.3 Å². The van der Waals surface area contributed by atoms with E-state index in [1.807, 2.05) is 0 Å². The number of nitrogens with one attached hydrogen (secondary N) is 1. The molecule has 0 spiro atoms. The van der Waals surface area contributed by atoms with Crippen molar-refractivity contribution in [3.8, 4) is 0 Å². The van der Waals surface area contributed by atoms with Gasteiger partial charge in [-0.15, -0.1) is 0 Å². The fourth-order valence-corrected chi connectivity index (χ4v) is 1.81. The summed E-state index contributed by atoms with van der Waals surface area (Å²) >= 11 is 0. The first kappa shape index (κ1) is 12.0. The fraction of sp³-hybridized carbons (Fsp3) is 1.00. The molecule has 84 valence electrons. The highest BCUT2D eigenvalue weighted by Gasteiger charge is 2.24. The molecule has 1 fully saturated rings. The Labute approximate surface area is 88.4 Å². The molecule has 0 aromatic rings. The maximum absolute atomic E-state index is 5.38. The van der Waals surface area contributed by atoms with Gasteiger partial charge in [-0.1, -0.05) is 6.42 Å². The number of hydrogen-bond acceptors (Lipinski definition) is 2. The second kappa shape index (κ2) is 5.13. The van der Waals surface area contributed by atoms with E-state index >= 15 is 0 Å². The minimum absolute atomic E-state index is 0.0202. The number of hydrogen-bond donors (Lipinski definition) is 1. The molecule has 1 aliphatic carbocycles. The molecule has 2 heteroatoms. The zero-order valence-electron chi connectivity index (χ0n) is 10.1. The molecule has 0 radical (unpaired) electrons. The van der Waals surface area contributed by atoms with Gasteiger partial charge in [-0.3, -0.25) is 0 Å². The Morgan fingerprint density at radius 3 is 2.50 bits per heavy atom. The molecule has 0 bridgehead atoms. The van der Waals surface area contributed by atoms with E-state index in [4.69, 9.17) is 4.74 Å². The van der Waals surface area contributed by atoms with Crippen molar-refractivity contribution < 1.29 is 4.74 Å². The van der Waals surface area contributed by atoms with Gasteiger partial charge in [-0.25, -0.2) is 0 Å². The SMILES string of the molecule is COC(C)(C)CCNC(C)C1CCC1. The largest absolute Gasteiger partial charge is 0.379 e. The molecular weight excluding hydrogens is 174 g/mol. The summed E-state index contributed by atoms with van der Waals surface area (Å²) in [6.45, 7) is 7.66. The second-order valence-corrected chi connectivity index (χ2v) is 5.15. The summed E-state index contributed by atoms with van der Waals surface area (Å²) in [5.41, 5.74) is 0.0202. The van der Waals surface area contributed by atoms with Crippen LogP contribution in [-0.4, -0.2) is 25.3 Å². The standard InChI is InChI=1S/C12H25NO/c1-10(11-6-5-7-11)13-9-8-12(2,3)14-4/h10-11,13H,5-9H2,1-4H3. The Hall–Kier alpha value is -0.0800. The van der Waals surface area contributed by atoms with Gasteiger partial charge in [-0.2, -0.15) is 0 Å². The molecule has 0 saturated heterocycles. The quantitative estimate of drug-likeness (QED) is 0.710.